The van der Waals surface area contributed by atoms with E-state index in [0.29, 0.717) is 24.2 Å². The minimum atomic E-state index is -0.422. The molecule has 158 valence electrons. The van der Waals surface area contributed by atoms with Crippen LogP contribution in [0.25, 0.3) is 0 Å². The first kappa shape index (κ1) is 20.0. The highest BCUT2D eigenvalue weighted by Gasteiger charge is 2.50. The number of ether oxygens (including phenoxy) is 2. The molecule has 2 aliphatic carbocycles. The molecule has 0 unspecified atom stereocenters. The molecule has 3 fully saturated rings. The van der Waals surface area contributed by atoms with E-state index < -0.39 is 6.09 Å². The number of amides is 2. The number of nitrogens with zero attached hydrogens (tertiary/aromatic N) is 1. The number of nitrogens with one attached hydrogen (secondary N) is 1. The number of hydrogen-bond donors (Lipinski definition) is 1. The summed E-state index contributed by atoms with van der Waals surface area (Å²) < 4.78 is 9.93. The summed E-state index contributed by atoms with van der Waals surface area (Å²) in [6, 6.07) is 8.46. The Labute approximate surface area is 172 Å². The van der Waals surface area contributed by atoms with Crippen LogP contribution >= 0.6 is 0 Å². The summed E-state index contributed by atoms with van der Waals surface area (Å²) in [7, 11) is 3.06. The second-order valence-electron chi connectivity index (χ2n) is 9.49. The normalized spacial score (nSPS) is 28.2. The van der Waals surface area contributed by atoms with E-state index in [0.717, 1.165) is 31.7 Å². The van der Waals surface area contributed by atoms with Gasteiger partial charge in [0.2, 0.25) is 5.91 Å². The lowest BCUT2D eigenvalue weighted by Crippen LogP contribution is -2.59. The molecule has 1 spiro atoms. The number of rotatable bonds is 4. The van der Waals surface area contributed by atoms with Crippen LogP contribution in [0, 0.1) is 11.3 Å². The third-order valence-corrected chi connectivity index (χ3v) is 7.41. The second-order valence-corrected chi connectivity index (χ2v) is 9.49. The van der Waals surface area contributed by atoms with Crippen molar-refractivity contribution < 1.29 is 19.1 Å². The Morgan fingerprint density at radius 2 is 1.66 bits per heavy atom. The van der Waals surface area contributed by atoms with Crippen molar-refractivity contribution in [1.82, 2.24) is 10.2 Å². The topological polar surface area (TPSA) is 67.9 Å². The summed E-state index contributed by atoms with van der Waals surface area (Å²) in [5, 5.41) is 2.85. The first-order valence-electron chi connectivity index (χ1n) is 10.6. The van der Waals surface area contributed by atoms with Crippen LogP contribution in [0.2, 0.25) is 0 Å². The highest BCUT2D eigenvalue weighted by atomic mass is 16.5. The zero-order valence-electron chi connectivity index (χ0n) is 17.7. The van der Waals surface area contributed by atoms with E-state index in [1.165, 1.54) is 25.5 Å². The van der Waals surface area contributed by atoms with Crippen LogP contribution in [0.3, 0.4) is 0 Å². The third kappa shape index (κ3) is 3.94. The van der Waals surface area contributed by atoms with Gasteiger partial charge >= 0.3 is 6.09 Å². The molecule has 0 radical (unpaired) electrons. The van der Waals surface area contributed by atoms with E-state index in [2.05, 4.69) is 22.2 Å². The van der Waals surface area contributed by atoms with Gasteiger partial charge in [-0.3, -0.25) is 4.79 Å². The van der Waals surface area contributed by atoms with Gasteiger partial charge in [-0.2, -0.15) is 0 Å². The van der Waals surface area contributed by atoms with Gasteiger partial charge in [0.05, 0.1) is 14.2 Å². The van der Waals surface area contributed by atoms with Crippen molar-refractivity contribution in [3.05, 3.63) is 29.8 Å². The molecule has 1 aromatic rings. The standard InChI is InChI=1S/C23H32N2O4/c1-22(24-21(27)29-3)12-18(13-22)20(26)25-10-8-23(9-11-25)14-17(15-23)16-4-6-19(28-2)7-5-16/h4-7,17-18H,8-15H2,1-3H3,(H,24,27)/t18-,22+. The molecule has 1 aromatic carbocycles. The molecule has 4 rings (SSSR count). The lowest BCUT2D eigenvalue weighted by Gasteiger charge is -2.53. The van der Waals surface area contributed by atoms with Gasteiger partial charge in [0.15, 0.2) is 0 Å². The fourth-order valence-electron chi connectivity index (χ4n) is 5.57. The number of benzene rings is 1. The summed E-state index contributed by atoms with van der Waals surface area (Å²) in [6.45, 7) is 3.71. The van der Waals surface area contributed by atoms with Crippen LogP contribution in [0.15, 0.2) is 24.3 Å². The number of piperidine rings is 1. The molecule has 29 heavy (non-hydrogen) atoms. The summed E-state index contributed by atoms with van der Waals surface area (Å²) in [4.78, 5) is 26.3. The maximum absolute atomic E-state index is 12.9. The van der Waals surface area contributed by atoms with Crippen LogP contribution in [0.1, 0.15) is 56.9 Å². The lowest BCUT2D eigenvalue weighted by molar-refractivity contribution is -0.144. The third-order valence-electron chi connectivity index (χ3n) is 7.41. The van der Waals surface area contributed by atoms with E-state index in [9.17, 15) is 9.59 Å². The smallest absolute Gasteiger partial charge is 0.407 e. The van der Waals surface area contributed by atoms with E-state index in [-0.39, 0.29) is 17.4 Å². The van der Waals surface area contributed by atoms with Crippen molar-refractivity contribution in [1.29, 1.82) is 0 Å². The summed E-state index contributed by atoms with van der Waals surface area (Å²) >= 11 is 0. The minimum Gasteiger partial charge on any atom is -0.497 e. The quantitative estimate of drug-likeness (QED) is 0.837. The van der Waals surface area contributed by atoms with Crippen LogP contribution in [0.4, 0.5) is 4.79 Å². The molecule has 2 amide bonds. The zero-order chi connectivity index (χ0) is 20.6. The second kappa shape index (κ2) is 7.54. The maximum Gasteiger partial charge on any atom is 0.407 e. The van der Waals surface area contributed by atoms with Crippen LogP contribution < -0.4 is 10.1 Å². The number of methoxy groups -OCH3 is 2. The van der Waals surface area contributed by atoms with E-state index in [1.807, 2.05) is 24.0 Å². The lowest BCUT2D eigenvalue weighted by atomic mass is 9.56. The van der Waals surface area contributed by atoms with Crippen molar-refractivity contribution in [3.63, 3.8) is 0 Å². The maximum atomic E-state index is 12.9. The Hall–Kier alpha value is -2.24. The first-order valence-corrected chi connectivity index (χ1v) is 10.6. The number of alkyl carbamates (subject to hydrolysis) is 1. The van der Waals surface area contributed by atoms with Gasteiger partial charge in [-0.05, 0) is 74.5 Å². The van der Waals surface area contributed by atoms with Gasteiger partial charge < -0.3 is 19.7 Å². The molecule has 0 aromatic heterocycles. The fourth-order valence-corrected chi connectivity index (χ4v) is 5.57. The summed E-state index contributed by atoms with van der Waals surface area (Å²) in [6.07, 6.45) is 5.64. The molecule has 6 nitrogen and oxygen atoms in total. The Balaban J connectivity index is 1.23. The van der Waals surface area contributed by atoms with Gasteiger partial charge in [-0.1, -0.05) is 12.1 Å². The van der Waals surface area contributed by atoms with Crippen molar-refractivity contribution in [2.75, 3.05) is 27.3 Å². The predicted octanol–water partition coefficient (Wildman–Crippen LogP) is 3.71. The van der Waals surface area contributed by atoms with Crippen LogP contribution in [0.5, 0.6) is 5.75 Å². The Bertz CT molecular complexity index is 754. The van der Waals surface area contributed by atoms with Crippen LogP contribution in [-0.2, 0) is 9.53 Å². The van der Waals surface area contributed by atoms with Gasteiger partial charge in [-0.25, -0.2) is 4.79 Å². The number of likely N-dealkylation sites (tertiary alicyclic amines) is 1. The van der Waals surface area contributed by atoms with Crippen molar-refractivity contribution >= 4 is 12.0 Å². The average molecular weight is 401 g/mol. The fraction of sp³-hybridized carbons (Fsp3) is 0.652. The summed E-state index contributed by atoms with van der Waals surface area (Å²) in [5.41, 5.74) is 1.51. The Morgan fingerprint density at radius 1 is 1.03 bits per heavy atom. The highest BCUT2D eigenvalue weighted by molar-refractivity contribution is 5.81. The molecule has 3 aliphatic rings. The van der Waals surface area contributed by atoms with Gasteiger partial charge in [0.1, 0.15) is 5.75 Å². The number of carbonyl (C=O) groups is 2. The van der Waals surface area contributed by atoms with E-state index in [4.69, 9.17) is 4.74 Å². The molecule has 1 heterocycles. The first-order chi connectivity index (χ1) is 13.9. The van der Waals surface area contributed by atoms with E-state index in [1.54, 1.807) is 7.11 Å². The number of hydrogen-bond acceptors (Lipinski definition) is 4. The molecule has 2 saturated carbocycles. The highest BCUT2D eigenvalue weighted by Crippen LogP contribution is 2.57. The Kier molecular flexibility index (Phi) is 5.21. The summed E-state index contributed by atoms with van der Waals surface area (Å²) in [5.74, 6) is 1.83. The Morgan fingerprint density at radius 3 is 2.21 bits per heavy atom. The van der Waals surface area contributed by atoms with Crippen molar-refractivity contribution in [3.8, 4) is 5.75 Å². The largest absolute Gasteiger partial charge is 0.497 e. The molecule has 1 aliphatic heterocycles. The monoisotopic (exact) mass is 400 g/mol. The van der Waals surface area contributed by atoms with E-state index >= 15 is 0 Å². The molecular formula is C23H32N2O4. The molecule has 6 heteroatoms. The minimum absolute atomic E-state index is 0.0274. The van der Waals surface area contributed by atoms with Crippen LogP contribution in [-0.4, -0.2) is 49.7 Å². The average Bonchev–Trinajstić information content (AvgIpc) is 2.69. The van der Waals surface area contributed by atoms with Crippen molar-refractivity contribution in [2.24, 2.45) is 11.3 Å². The van der Waals surface area contributed by atoms with Gasteiger partial charge in [0.25, 0.3) is 0 Å². The van der Waals surface area contributed by atoms with Crippen molar-refractivity contribution in [2.45, 2.75) is 56.9 Å². The molecule has 0 bridgehead atoms. The molecule has 1 saturated heterocycles. The molecule has 0 atom stereocenters. The zero-order valence-corrected chi connectivity index (χ0v) is 17.7. The van der Waals surface area contributed by atoms with Gasteiger partial charge in [-0.15, -0.1) is 0 Å². The SMILES string of the molecule is COC(=O)N[C@]1(C)C[C@H](C(=O)N2CCC3(CC2)CC(c2ccc(OC)cc2)C3)C1. The molecular weight excluding hydrogens is 368 g/mol. The van der Waals surface area contributed by atoms with Gasteiger partial charge in [0, 0.05) is 24.5 Å². The molecule has 1 N–H and O–H groups in total. The number of carbonyl (C=O) groups excluding carboxylic acids is 2. The predicted molar refractivity (Wildman–Crippen MR) is 110 cm³/mol.